The summed E-state index contributed by atoms with van der Waals surface area (Å²) in [4.78, 5) is 0. The number of hydrogen-bond donors (Lipinski definition) is 0. The molecule has 0 saturated carbocycles. The van der Waals surface area contributed by atoms with E-state index in [0.29, 0.717) is 0 Å². The van der Waals surface area contributed by atoms with Crippen molar-refractivity contribution in [1.82, 2.24) is 0 Å². The summed E-state index contributed by atoms with van der Waals surface area (Å²) in [5.74, 6) is 0. The summed E-state index contributed by atoms with van der Waals surface area (Å²) in [7, 11) is 0. The van der Waals surface area contributed by atoms with Gasteiger partial charge in [0.15, 0.2) is 0 Å². The minimum Gasteiger partial charge on any atom is -0.0616 e. The Labute approximate surface area is 233 Å². The second-order valence-corrected chi connectivity index (χ2v) is 10.6. The highest BCUT2D eigenvalue weighted by Gasteiger charge is 2.12. The van der Waals surface area contributed by atoms with Gasteiger partial charge in [0, 0.05) is 0 Å². The molecule has 0 saturated heterocycles. The SMILES string of the molecule is c1ccc2cc(-c3ccc(-c4cc5ccccc5c5ccc(-c6cccc7ccccc67)cc45)cc3)ccc2c1. The van der Waals surface area contributed by atoms with Crippen molar-refractivity contribution in [3.05, 3.63) is 158 Å². The van der Waals surface area contributed by atoms with Gasteiger partial charge >= 0.3 is 0 Å². The number of fused-ring (bicyclic) bond motifs is 5. The summed E-state index contributed by atoms with van der Waals surface area (Å²) in [5.41, 5.74) is 7.48. The third kappa shape index (κ3) is 3.77. The van der Waals surface area contributed by atoms with Gasteiger partial charge in [0.25, 0.3) is 0 Å². The Morgan fingerprint density at radius 3 is 1.70 bits per heavy atom. The molecule has 0 heteroatoms. The van der Waals surface area contributed by atoms with Gasteiger partial charge in [0.1, 0.15) is 0 Å². The molecule has 0 bridgehead atoms. The van der Waals surface area contributed by atoms with Crippen molar-refractivity contribution in [2.45, 2.75) is 0 Å². The fourth-order valence-corrected chi connectivity index (χ4v) is 6.20. The van der Waals surface area contributed by atoms with Crippen LogP contribution in [0.2, 0.25) is 0 Å². The van der Waals surface area contributed by atoms with Gasteiger partial charge in [-0.3, -0.25) is 0 Å². The molecule has 0 nitrogen and oxygen atoms in total. The van der Waals surface area contributed by atoms with Gasteiger partial charge < -0.3 is 0 Å². The van der Waals surface area contributed by atoms with Gasteiger partial charge in [-0.05, 0) is 94.7 Å². The monoisotopic (exact) mass is 506 g/mol. The zero-order valence-electron chi connectivity index (χ0n) is 22.0. The van der Waals surface area contributed by atoms with Crippen molar-refractivity contribution >= 4 is 43.1 Å². The largest absolute Gasteiger partial charge is 0.0616 e. The molecule has 0 aromatic heterocycles. The first kappa shape index (κ1) is 22.8. The molecule has 186 valence electrons. The molecule has 0 atom stereocenters. The third-order valence-electron chi connectivity index (χ3n) is 8.24. The van der Waals surface area contributed by atoms with Crippen LogP contribution in [-0.2, 0) is 0 Å². The molecule has 0 heterocycles. The molecular formula is C40H26. The first-order chi connectivity index (χ1) is 19.8. The summed E-state index contributed by atoms with van der Waals surface area (Å²) in [5, 5.41) is 10.2. The van der Waals surface area contributed by atoms with E-state index in [1.807, 2.05) is 0 Å². The van der Waals surface area contributed by atoms with E-state index in [1.165, 1.54) is 76.5 Å². The standard InChI is InChI=1S/C40H26/c1-2-10-31-24-32(21-18-27(31)8-1)28-16-19-30(20-17-28)39-25-33-11-4-6-14-37(33)38-23-22-34(26-40(38)39)36-15-7-12-29-9-3-5-13-35(29)36/h1-26H. The average molecular weight is 507 g/mol. The van der Waals surface area contributed by atoms with E-state index in [9.17, 15) is 0 Å². The Kier molecular flexibility index (Phi) is 5.24. The molecule has 40 heavy (non-hydrogen) atoms. The predicted octanol–water partition coefficient (Wildman–Crippen LogP) is 11.3. The van der Waals surface area contributed by atoms with Gasteiger partial charge in [-0.2, -0.15) is 0 Å². The molecule has 0 aliphatic rings. The van der Waals surface area contributed by atoms with Crippen LogP contribution in [0.5, 0.6) is 0 Å². The van der Waals surface area contributed by atoms with Crippen molar-refractivity contribution < 1.29 is 0 Å². The second-order valence-electron chi connectivity index (χ2n) is 10.6. The van der Waals surface area contributed by atoms with E-state index in [1.54, 1.807) is 0 Å². The highest BCUT2D eigenvalue weighted by atomic mass is 14.2. The lowest BCUT2D eigenvalue weighted by molar-refractivity contribution is 1.62. The highest BCUT2D eigenvalue weighted by molar-refractivity contribution is 6.15. The zero-order chi connectivity index (χ0) is 26.5. The summed E-state index contributed by atoms with van der Waals surface area (Å²) >= 11 is 0. The zero-order valence-corrected chi connectivity index (χ0v) is 22.0. The van der Waals surface area contributed by atoms with Crippen LogP contribution >= 0.6 is 0 Å². The minimum absolute atomic E-state index is 1.23. The number of rotatable bonds is 3. The Hall–Kier alpha value is -5.20. The maximum Gasteiger partial charge on any atom is -0.00928 e. The van der Waals surface area contributed by atoms with Gasteiger partial charge in [-0.15, -0.1) is 0 Å². The van der Waals surface area contributed by atoms with Crippen LogP contribution in [0.3, 0.4) is 0 Å². The quantitative estimate of drug-likeness (QED) is 0.209. The summed E-state index contributed by atoms with van der Waals surface area (Å²) in [6.07, 6.45) is 0. The van der Waals surface area contributed by atoms with E-state index in [0.717, 1.165) is 0 Å². The van der Waals surface area contributed by atoms with Gasteiger partial charge in [-0.25, -0.2) is 0 Å². The first-order valence-electron chi connectivity index (χ1n) is 13.9. The van der Waals surface area contributed by atoms with Gasteiger partial charge in [-0.1, -0.05) is 140 Å². The minimum atomic E-state index is 1.23. The smallest absolute Gasteiger partial charge is 0.00928 e. The molecule has 0 N–H and O–H groups in total. The molecular weight excluding hydrogens is 480 g/mol. The van der Waals surface area contributed by atoms with E-state index < -0.39 is 0 Å². The Bertz CT molecular complexity index is 2190. The van der Waals surface area contributed by atoms with Crippen LogP contribution in [0.1, 0.15) is 0 Å². The van der Waals surface area contributed by atoms with Crippen molar-refractivity contribution in [3.63, 3.8) is 0 Å². The molecule has 0 spiro atoms. The molecule has 0 aliphatic heterocycles. The topological polar surface area (TPSA) is 0 Å². The Morgan fingerprint density at radius 2 is 0.850 bits per heavy atom. The fraction of sp³-hybridized carbons (Fsp3) is 0. The van der Waals surface area contributed by atoms with Crippen molar-refractivity contribution in [2.75, 3.05) is 0 Å². The summed E-state index contributed by atoms with van der Waals surface area (Å²) in [6, 6.07) is 57.6. The molecule has 8 aromatic rings. The van der Waals surface area contributed by atoms with Crippen LogP contribution in [0.25, 0.3) is 76.5 Å². The summed E-state index contributed by atoms with van der Waals surface area (Å²) < 4.78 is 0. The normalized spacial score (nSPS) is 11.5. The first-order valence-corrected chi connectivity index (χ1v) is 13.9. The van der Waals surface area contributed by atoms with E-state index >= 15 is 0 Å². The van der Waals surface area contributed by atoms with Crippen LogP contribution in [-0.4, -0.2) is 0 Å². The number of hydrogen-bond acceptors (Lipinski definition) is 0. The molecule has 8 aromatic carbocycles. The maximum atomic E-state index is 2.39. The molecule has 0 fully saturated rings. The molecule has 8 rings (SSSR count). The average Bonchev–Trinajstić information content (AvgIpc) is 3.03. The van der Waals surface area contributed by atoms with E-state index in [2.05, 4.69) is 158 Å². The van der Waals surface area contributed by atoms with Crippen molar-refractivity contribution in [3.8, 4) is 33.4 Å². The van der Waals surface area contributed by atoms with Crippen LogP contribution in [0.15, 0.2) is 158 Å². The van der Waals surface area contributed by atoms with Gasteiger partial charge in [0.05, 0.1) is 0 Å². The van der Waals surface area contributed by atoms with E-state index in [-0.39, 0.29) is 0 Å². The Morgan fingerprint density at radius 1 is 0.225 bits per heavy atom. The lowest BCUT2D eigenvalue weighted by Crippen LogP contribution is -1.88. The van der Waals surface area contributed by atoms with E-state index in [4.69, 9.17) is 0 Å². The third-order valence-corrected chi connectivity index (χ3v) is 8.24. The summed E-state index contributed by atoms with van der Waals surface area (Å²) in [6.45, 7) is 0. The van der Waals surface area contributed by atoms with Crippen LogP contribution in [0.4, 0.5) is 0 Å². The molecule has 0 aliphatic carbocycles. The second kappa shape index (κ2) is 9.22. The highest BCUT2D eigenvalue weighted by Crippen LogP contribution is 2.39. The van der Waals surface area contributed by atoms with Crippen LogP contribution in [0, 0.1) is 0 Å². The molecule has 0 unspecified atom stereocenters. The molecule has 0 radical (unpaired) electrons. The van der Waals surface area contributed by atoms with Crippen LogP contribution < -0.4 is 0 Å². The lowest BCUT2D eigenvalue weighted by atomic mass is 9.89. The maximum absolute atomic E-state index is 2.39. The van der Waals surface area contributed by atoms with Gasteiger partial charge in [0.2, 0.25) is 0 Å². The molecule has 0 amide bonds. The fourth-order valence-electron chi connectivity index (χ4n) is 6.20. The number of benzene rings is 8. The van der Waals surface area contributed by atoms with Crippen molar-refractivity contribution in [1.29, 1.82) is 0 Å². The Balaban J connectivity index is 1.31. The lowest BCUT2D eigenvalue weighted by Gasteiger charge is -2.14. The van der Waals surface area contributed by atoms with Crippen molar-refractivity contribution in [2.24, 2.45) is 0 Å². The predicted molar refractivity (Wildman–Crippen MR) is 173 cm³/mol.